The third-order valence-electron chi connectivity index (χ3n) is 4.01. The fourth-order valence-electron chi connectivity index (χ4n) is 2.85. The zero-order valence-corrected chi connectivity index (χ0v) is 11.9. The SMILES string of the molecule is CCCn1ncnc1CC(=O)C1(OC)CCCCC1. The van der Waals surface area contributed by atoms with Gasteiger partial charge in [0.05, 0.1) is 6.42 Å². The average Bonchev–Trinajstić information content (AvgIpc) is 2.87. The van der Waals surface area contributed by atoms with E-state index in [1.54, 1.807) is 7.11 Å². The molecular weight excluding hydrogens is 242 g/mol. The second kappa shape index (κ2) is 6.28. The molecule has 1 aromatic rings. The fraction of sp³-hybridized carbons (Fsp3) is 0.786. The van der Waals surface area contributed by atoms with Gasteiger partial charge in [-0.05, 0) is 19.3 Å². The smallest absolute Gasteiger partial charge is 0.172 e. The highest BCUT2D eigenvalue weighted by atomic mass is 16.5. The Balaban J connectivity index is 2.08. The molecule has 1 fully saturated rings. The lowest BCUT2D eigenvalue weighted by Crippen LogP contribution is -2.43. The summed E-state index contributed by atoms with van der Waals surface area (Å²) in [7, 11) is 1.65. The van der Waals surface area contributed by atoms with Crippen molar-refractivity contribution in [3.05, 3.63) is 12.2 Å². The molecule has 1 aromatic heterocycles. The lowest BCUT2D eigenvalue weighted by molar-refractivity contribution is -0.144. The molecule has 0 N–H and O–H groups in total. The van der Waals surface area contributed by atoms with E-state index in [0.717, 1.165) is 44.5 Å². The van der Waals surface area contributed by atoms with Crippen molar-refractivity contribution in [1.29, 1.82) is 0 Å². The highest BCUT2D eigenvalue weighted by Crippen LogP contribution is 2.32. The quantitative estimate of drug-likeness (QED) is 0.791. The van der Waals surface area contributed by atoms with Gasteiger partial charge in [-0.25, -0.2) is 9.67 Å². The Bertz CT molecular complexity index is 422. The maximum atomic E-state index is 12.6. The van der Waals surface area contributed by atoms with Crippen LogP contribution in [-0.4, -0.2) is 33.3 Å². The third kappa shape index (κ3) is 3.03. The summed E-state index contributed by atoms with van der Waals surface area (Å²) in [4.78, 5) is 16.8. The van der Waals surface area contributed by atoms with Gasteiger partial charge in [-0.1, -0.05) is 26.2 Å². The minimum Gasteiger partial charge on any atom is -0.370 e. The largest absolute Gasteiger partial charge is 0.370 e. The molecule has 0 saturated heterocycles. The fourth-order valence-corrected chi connectivity index (χ4v) is 2.85. The number of hydrogen-bond donors (Lipinski definition) is 0. The van der Waals surface area contributed by atoms with E-state index in [2.05, 4.69) is 17.0 Å². The Morgan fingerprint density at radius 3 is 2.79 bits per heavy atom. The van der Waals surface area contributed by atoms with Crippen LogP contribution in [0.3, 0.4) is 0 Å². The van der Waals surface area contributed by atoms with E-state index < -0.39 is 5.60 Å². The Kier molecular flexibility index (Phi) is 4.69. The molecule has 0 unspecified atom stereocenters. The van der Waals surface area contributed by atoms with Gasteiger partial charge in [0, 0.05) is 13.7 Å². The van der Waals surface area contributed by atoms with Crippen molar-refractivity contribution in [2.24, 2.45) is 0 Å². The number of carbonyl (C=O) groups is 1. The molecule has 19 heavy (non-hydrogen) atoms. The standard InChI is InChI=1S/C14H23N3O2/c1-3-9-17-13(15-11-16-17)10-12(18)14(19-2)7-5-4-6-8-14/h11H,3-10H2,1-2H3. The minimum absolute atomic E-state index is 0.153. The molecule has 5 heteroatoms. The molecule has 0 aliphatic heterocycles. The van der Waals surface area contributed by atoms with Crippen LogP contribution in [0.25, 0.3) is 0 Å². The van der Waals surface area contributed by atoms with Crippen LogP contribution >= 0.6 is 0 Å². The van der Waals surface area contributed by atoms with E-state index in [4.69, 9.17) is 4.74 Å². The number of methoxy groups -OCH3 is 1. The van der Waals surface area contributed by atoms with E-state index >= 15 is 0 Å². The lowest BCUT2D eigenvalue weighted by Gasteiger charge is -2.34. The van der Waals surface area contributed by atoms with Crippen LogP contribution in [0.15, 0.2) is 6.33 Å². The number of aryl methyl sites for hydroxylation is 1. The van der Waals surface area contributed by atoms with E-state index in [1.807, 2.05) is 4.68 Å². The summed E-state index contributed by atoms with van der Waals surface area (Å²) in [5, 5.41) is 4.17. The number of rotatable bonds is 6. The molecule has 1 heterocycles. The van der Waals surface area contributed by atoms with E-state index in [0.29, 0.717) is 6.42 Å². The maximum Gasteiger partial charge on any atom is 0.172 e. The molecule has 0 atom stereocenters. The van der Waals surface area contributed by atoms with Crippen molar-refractivity contribution < 1.29 is 9.53 Å². The van der Waals surface area contributed by atoms with Crippen LogP contribution in [0, 0.1) is 0 Å². The Hall–Kier alpha value is -1.23. The molecular formula is C14H23N3O2. The summed E-state index contributed by atoms with van der Waals surface area (Å²) in [5.74, 6) is 0.911. The van der Waals surface area contributed by atoms with Crippen LogP contribution in [0.2, 0.25) is 0 Å². The number of hydrogen-bond acceptors (Lipinski definition) is 4. The van der Waals surface area contributed by atoms with Gasteiger partial charge in [0.25, 0.3) is 0 Å². The number of aromatic nitrogens is 3. The molecule has 0 aromatic carbocycles. The first kappa shape index (κ1) is 14.2. The normalized spacial score (nSPS) is 18.4. The summed E-state index contributed by atoms with van der Waals surface area (Å²) in [6.45, 7) is 2.90. The van der Waals surface area contributed by atoms with Crippen molar-refractivity contribution in [1.82, 2.24) is 14.8 Å². The van der Waals surface area contributed by atoms with Crippen LogP contribution in [0.5, 0.6) is 0 Å². The second-order valence-electron chi connectivity index (χ2n) is 5.26. The molecule has 1 aliphatic rings. The zero-order valence-electron chi connectivity index (χ0n) is 11.9. The summed E-state index contributed by atoms with van der Waals surface area (Å²) < 4.78 is 7.41. The number of nitrogens with zero attached hydrogens (tertiary/aromatic N) is 3. The van der Waals surface area contributed by atoms with Crippen molar-refractivity contribution in [3.8, 4) is 0 Å². The van der Waals surface area contributed by atoms with Crippen LogP contribution in [0.1, 0.15) is 51.3 Å². The van der Waals surface area contributed by atoms with Crippen LogP contribution in [-0.2, 0) is 22.5 Å². The van der Waals surface area contributed by atoms with Gasteiger partial charge in [-0.2, -0.15) is 5.10 Å². The number of Topliss-reactive ketones (excluding diaryl/α,β-unsaturated/α-hetero) is 1. The molecule has 0 radical (unpaired) electrons. The topological polar surface area (TPSA) is 57.0 Å². The van der Waals surface area contributed by atoms with E-state index in [-0.39, 0.29) is 5.78 Å². The third-order valence-corrected chi connectivity index (χ3v) is 4.01. The monoisotopic (exact) mass is 265 g/mol. The zero-order chi connectivity index (χ0) is 13.7. The Morgan fingerprint density at radius 2 is 2.16 bits per heavy atom. The second-order valence-corrected chi connectivity index (χ2v) is 5.26. The highest BCUT2D eigenvalue weighted by molar-refractivity contribution is 5.88. The van der Waals surface area contributed by atoms with Crippen molar-refractivity contribution in [2.75, 3.05) is 7.11 Å². The predicted octanol–water partition coefficient (Wildman–Crippen LogP) is 2.15. The van der Waals surface area contributed by atoms with Gasteiger partial charge in [0.2, 0.25) is 0 Å². The van der Waals surface area contributed by atoms with E-state index in [9.17, 15) is 4.79 Å². The van der Waals surface area contributed by atoms with Crippen molar-refractivity contribution in [3.63, 3.8) is 0 Å². The summed E-state index contributed by atoms with van der Waals surface area (Å²) in [6.07, 6.45) is 7.85. The first-order valence-corrected chi connectivity index (χ1v) is 7.17. The predicted molar refractivity (Wildman–Crippen MR) is 71.8 cm³/mol. The molecule has 1 aliphatic carbocycles. The molecule has 0 spiro atoms. The highest BCUT2D eigenvalue weighted by Gasteiger charge is 2.39. The van der Waals surface area contributed by atoms with Gasteiger partial charge in [0.15, 0.2) is 5.78 Å². The lowest BCUT2D eigenvalue weighted by atomic mass is 9.80. The summed E-state index contributed by atoms with van der Waals surface area (Å²) >= 11 is 0. The van der Waals surface area contributed by atoms with Crippen LogP contribution < -0.4 is 0 Å². The summed E-state index contributed by atoms with van der Waals surface area (Å²) in [5.41, 5.74) is -0.582. The van der Waals surface area contributed by atoms with Gasteiger partial charge in [-0.15, -0.1) is 0 Å². The summed E-state index contributed by atoms with van der Waals surface area (Å²) in [6, 6.07) is 0. The molecule has 106 valence electrons. The van der Waals surface area contributed by atoms with Crippen molar-refractivity contribution in [2.45, 2.75) is 64.0 Å². The first-order chi connectivity index (χ1) is 9.22. The average molecular weight is 265 g/mol. The van der Waals surface area contributed by atoms with Crippen LogP contribution in [0.4, 0.5) is 0 Å². The molecule has 1 saturated carbocycles. The maximum absolute atomic E-state index is 12.6. The number of carbonyl (C=O) groups excluding carboxylic acids is 1. The number of ketones is 1. The van der Waals surface area contributed by atoms with Crippen molar-refractivity contribution >= 4 is 5.78 Å². The number of ether oxygens (including phenoxy) is 1. The van der Waals surface area contributed by atoms with Gasteiger partial charge in [0.1, 0.15) is 17.8 Å². The Morgan fingerprint density at radius 1 is 1.42 bits per heavy atom. The van der Waals surface area contributed by atoms with Gasteiger partial charge < -0.3 is 4.74 Å². The molecule has 5 nitrogen and oxygen atoms in total. The van der Waals surface area contributed by atoms with Gasteiger partial charge in [-0.3, -0.25) is 4.79 Å². The minimum atomic E-state index is -0.582. The molecule has 0 amide bonds. The molecule has 2 rings (SSSR count). The van der Waals surface area contributed by atoms with Gasteiger partial charge >= 0.3 is 0 Å². The first-order valence-electron chi connectivity index (χ1n) is 7.17. The van der Waals surface area contributed by atoms with E-state index in [1.165, 1.54) is 12.7 Å². The molecule has 0 bridgehead atoms. The Labute approximate surface area is 114 Å².